The highest BCUT2D eigenvalue weighted by Gasteiger charge is 2.14. The molecule has 3 nitrogen and oxygen atoms in total. The molecule has 0 aliphatic carbocycles. The minimum atomic E-state index is 0.511. The van der Waals surface area contributed by atoms with Crippen molar-refractivity contribution in [3.8, 4) is 0 Å². The summed E-state index contributed by atoms with van der Waals surface area (Å²) < 4.78 is 2.22. The Morgan fingerprint density at radius 3 is 2.71 bits per heavy atom. The summed E-state index contributed by atoms with van der Waals surface area (Å²) in [6.07, 6.45) is 5.11. The second-order valence-electron chi connectivity index (χ2n) is 3.81. The van der Waals surface area contributed by atoms with Crippen LogP contribution in [0.3, 0.4) is 0 Å². The largest absolute Gasteiger partial charge is 0.356 e. The van der Waals surface area contributed by atoms with E-state index in [2.05, 4.69) is 48.8 Å². The molecule has 80 valence electrons. The van der Waals surface area contributed by atoms with Gasteiger partial charge in [0.2, 0.25) is 5.95 Å². The maximum absolute atomic E-state index is 4.30. The highest BCUT2D eigenvalue weighted by Crippen LogP contribution is 2.23. The topological polar surface area (TPSA) is 29.9 Å². The van der Waals surface area contributed by atoms with E-state index in [9.17, 15) is 0 Å². The molecular weight excluding hydrogens is 174 g/mol. The molecule has 0 amide bonds. The van der Waals surface area contributed by atoms with E-state index in [1.54, 1.807) is 0 Å². The normalized spacial score (nSPS) is 15.1. The summed E-state index contributed by atoms with van der Waals surface area (Å²) in [6, 6.07) is 0.511. The van der Waals surface area contributed by atoms with E-state index in [1.807, 2.05) is 6.20 Å². The summed E-state index contributed by atoms with van der Waals surface area (Å²) in [5.74, 6) is 1.67. The fourth-order valence-corrected chi connectivity index (χ4v) is 1.55. The Balaban J connectivity index is 2.77. The van der Waals surface area contributed by atoms with Crippen molar-refractivity contribution < 1.29 is 0 Å². The first-order valence-electron chi connectivity index (χ1n) is 5.47. The molecule has 0 spiro atoms. The van der Waals surface area contributed by atoms with Gasteiger partial charge in [-0.3, -0.25) is 0 Å². The van der Waals surface area contributed by atoms with Gasteiger partial charge in [0.15, 0.2) is 0 Å². The lowest BCUT2D eigenvalue weighted by molar-refractivity contribution is 0.373. The van der Waals surface area contributed by atoms with Crippen LogP contribution in [0.25, 0.3) is 0 Å². The number of aromatic nitrogens is 2. The second kappa shape index (κ2) is 5.03. The molecule has 1 rings (SSSR count). The number of rotatable bonds is 5. The average molecular weight is 195 g/mol. The van der Waals surface area contributed by atoms with E-state index >= 15 is 0 Å². The number of anilines is 1. The van der Waals surface area contributed by atoms with Crippen LogP contribution in [0.1, 0.15) is 40.2 Å². The molecule has 0 bridgehead atoms. The summed E-state index contributed by atoms with van der Waals surface area (Å²) in [5.41, 5.74) is 0. The number of nitrogens with zero attached hydrogens (tertiary/aromatic N) is 2. The van der Waals surface area contributed by atoms with Gasteiger partial charge in [-0.25, -0.2) is 4.98 Å². The maximum atomic E-state index is 4.30. The predicted molar refractivity (Wildman–Crippen MR) is 60.6 cm³/mol. The minimum Gasteiger partial charge on any atom is -0.356 e. The van der Waals surface area contributed by atoms with Crippen molar-refractivity contribution in [1.82, 2.24) is 9.55 Å². The van der Waals surface area contributed by atoms with E-state index in [0.29, 0.717) is 12.0 Å². The summed E-state index contributed by atoms with van der Waals surface area (Å²) in [4.78, 5) is 4.30. The van der Waals surface area contributed by atoms with Crippen LogP contribution in [-0.2, 0) is 0 Å². The van der Waals surface area contributed by atoms with E-state index in [1.165, 1.54) is 6.42 Å². The van der Waals surface area contributed by atoms with E-state index in [-0.39, 0.29) is 0 Å². The Kier molecular flexibility index (Phi) is 3.98. The van der Waals surface area contributed by atoms with Crippen LogP contribution in [0.5, 0.6) is 0 Å². The van der Waals surface area contributed by atoms with Gasteiger partial charge in [-0.05, 0) is 19.8 Å². The molecule has 0 aromatic carbocycles. The lowest BCUT2D eigenvalue weighted by atomic mass is 10.0. The molecule has 0 aliphatic heterocycles. The highest BCUT2D eigenvalue weighted by molar-refractivity contribution is 5.26. The zero-order valence-electron chi connectivity index (χ0n) is 9.62. The van der Waals surface area contributed by atoms with Crippen molar-refractivity contribution in [2.24, 2.45) is 5.92 Å². The maximum Gasteiger partial charge on any atom is 0.203 e. The van der Waals surface area contributed by atoms with Gasteiger partial charge >= 0.3 is 0 Å². The van der Waals surface area contributed by atoms with Crippen molar-refractivity contribution in [1.29, 1.82) is 0 Å². The Labute approximate surface area is 86.5 Å². The Hall–Kier alpha value is -0.990. The molecular formula is C11H21N3. The van der Waals surface area contributed by atoms with Crippen LogP contribution in [0.15, 0.2) is 12.4 Å². The van der Waals surface area contributed by atoms with Crippen molar-refractivity contribution >= 4 is 5.95 Å². The van der Waals surface area contributed by atoms with Crippen LogP contribution in [0, 0.1) is 5.92 Å². The first-order valence-corrected chi connectivity index (χ1v) is 5.47. The number of hydrogen-bond acceptors (Lipinski definition) is 2. The second-order valence-corrected chi connectivity index (χ2v) is 3.81. The molecule has 1 heterocycles. The Bertz CT molecular complexity index is 267. The SMILES string of the molecule is CCNc1nccn1C(C)C(C)CC. The number of imidazole rings is 1. The number of hydrogen-bond donors (Lipinski definition) is 1. The van der Waals surface area contributed by atoms with Crippen molar-refractivity contribution in [3.05, 3.63) is 12.4 Å². The standard InChI is InChI=1S/C11H21N3/c1-5-9(3)10(4)14-8-7-13-11(14)12-6-2/h7-10H,5-6H2,1-4H3,(H,12,13). The monoisotopic (exact) mass is 195 g/mol. The van der Waals surface area contributed by atoms with E-state index in [4.69, 9.17) is 0 Å². The molecule has 2 atom stereocenters. The van der Waals surface area contributed by atoms with Crippen LogP contribution >= 0.6 is 0 Å². The van der Waals surface area contributed by atoms with Gasteiger partial charge in [0.1, 0.15) is 0 Å². The smallest absolute Gasteiger partial charge is 0.203 e. The third-order valence-corrected chi connectivity index (χ3v) is 2.91. The molecule has 1 aromatic rings. The van der Waals surface area contributed by atoms with Crippen molar-refractivity contribution in [3.63, 3.8) is 0 Å². The minimum absolute atomic E-state index is 0.511. The third-order valence-electron chi connectivity index (χ3n) is 2.91. The highest BCUT2D eigenvalue weighted by atomic mass is 15.2. The van der Waals surface area contributed by atoms with E-state index < -0.39 is 0 Å². The van der Waals surface area contributed by atoms with Crippen LogP contribution in [0.4, 0.5) is 5.95 Å². The lowest BCUT2D eigenvalue weighted by Crippen LogP contribution is -2.16. The fraction of sp³-hybridized carbons (Fsp3) is 0.727. The zero-order valence-corrected chi connectivity index (χ0v) is 9.62. The summed E-state index contributed by atoms with van der Waals surface area (Å²) in [7, 11) is 0. The van der Waals surface area contributed by atoms with E-state index in [0.717, 1.165) is 12.5 Å². The first kappa shape index (κ1) is 11.1. The molecule has 1 aromatic heterocycles. The van der Waals surface area contributed by atoms with Crippen LogP contribution in [0.2, 0.25) is 0 Å². The molecule has 2 unspecified atom stereocenters. The summed E-state index contributed by atoms with van der Waals surface area (Å²) >= 11 is 0. The Morgan fingerprint density at radius 2 is 2.14 bits per heavy atom. The van der Waals surface area contributed by atoms with Gasteiger partial charge in [0, 0.05) is 25.0 Å². The molecule has 0 radical (unpaired) electrons. The molecule has 0 fully saturated rings. The molecule has 1 N–H and O–H groups in total. The summed E-state index contributed by atoms with van der Waals surface area (Å²) in [6.45, 7) is 9.76. The zero-order chi connectivity index (χ0) is 10.6. The molecule has 14 heavy (non-hydrogen) atoms. The van der Waals surface area contributed by atoms with Crippen LogP contribution < -0.4 is 5.32 Å². The van der Waals surface area contributed by atoms with Gasteiger partial charge in [-0.15, -0.1) is 0 Å². The van der Waals surface area contributed by atoms with Gasteiger partial charge < -0.3 is 9.88 Å². The lowest BCUT2D eigenvalue weighted by Gasteiger charge is -2.22. The van der Waals surface area contributed by atoms with Crippen molar-refractivity contribution in [2.75, 3.05) is 11.9 Å². The predicted octanol–water partition coefficient (Wildman–Crippen LogP) is 2.92. The third kappa shape index (κ3) is 2.28. The quantitative estimate of drug-likeness (QED) is 0.783. The van der Waals surface area contributed by atoms with Gasteiger partial charge in [0.05, 0.1) is 0 Å². The van der Waals surface area contributed by atoms with Crippen molar-refractivity contribution in [2.45, 2.75) is 40.2 Å². The van der Waals surface area contributed by atoms with Gasteiger partial charge in [-0.1, -0.05) is 20.3 Å². The molecule has 0 saturated heterocycles. The number of nitrogens with one attached hydrogen (secondary N) is 1. The molecule has 3 heteroatoms. The van der Waals surface area contributed by atoms with Gasteiger partial charge in [-0.2, -0.15) is 0 Å². The fourth-order valence-electron chi connectivity index (χ4n) is 1.55. The first-order chi connectivity index (χ1) is 6.70. The molecule has 0 aliphatic rings. The van der Waals surface area contributed by atoms with Crippen LogP contribution in [-0.4, -0.2) is 16.1 Å². The Morgan fingerprint density at radius 1 is 1.43 bits per heavy atom. The van der Waals surface area contributed by atoms with Gasteiger partial charge in [0.25, 0.3) is 0 Å². The summed E-state index contributed by atoms with van der Waals surface area (Å²) in [5, 5.41) is 3.27. The average Bonchev–Trinajstić information content (AvgIpc) is 2.64. The molecule has 0 saturated carbocycles.